The van der Waals surface area contributed by atoms with E-state index in [4.69, 9.17) is 10.00 Å². The van der Waals surface area contributed by atoms with E-state index in [0.29, 0.717) is 17.8 Å². The fourth-order valence-corrected chi connectivity index (χ4v) is 3.53. The van der Waals surface area contributed by atoms with Gasteiger partial charge < -0.3 is 4.74 Å². The van der Waals surface area contributed by atoms with Crippen LogP contribution in [0.25, 0.3) is 0 Å². The minimum atomic E-state index is -0.503. The standard InChI is InChI=1S/C18H22N2O2/c1-17(2,3)22-16(21)20-13-4-5-14-12(10-13)11-18(7-8-18)15(14)6-9-19/h4-5,10,15H,6-8,11H2,1-3H3,(H,20,21). The Bertz CT molecular complexity index is 648. The summed E-state index contributed by atoms with van der Waals surface area (Å²) >= 11 is 0. The van der Waals surface area contributed by atoms with E-state index in [1.165, 1.54) is 24.0 Å². The normalized spacial score (nSPS) is 21.1. The van der Waals surface area contributed by atoms with Crippen LogP contribution in [0, 0.1) is 16.7 Å². The second-order valence-electron chi connectivity index (χ2n) is 7.49. The van der Waals surface area contributed by atoms with Gasteiger partial charge in [-0.3, -0.25) is 5.32 Å². The third-order valence-corrected chi connectivity index (χ3v) is 4.63. The molecule has 1 aromatic carbocycles. The minimum Gasteiger partial charge on any atom is -0.444 e. The zero-order chi connectivity index (χ0) is 16.0. The van der Waals surface area contributed by atoms with Gasteiger partial charge in [0.15, 0.2) is 0 Å². The van der Waals surface area contributed by atoms with Gasteiger partial charge in [-0.1, -0.05) is 6.07 Å². The van der Waals surface area contributed by atoms with Crippen molar-refractivity contribution in [2.24, 2.45) is 5.41 Å². The van der Waals surface area contributed by atoms with Gasteiger partial charge in [0.2, 0.25) is 0 Å². The minimum absolute atomic E-state index is 0.322. The molecular weight excluding hydrogens is 276 g/mol. The number of rotatable bonds is 2. The highest BCUT2D eigenvalue weighted by atomic mass is 16.6. The highest BCUT2D eigenvalue weighted by molar-refractivity contribution is 5.85. The van der Waals surface area contributed by atoms with Crippen molar-refractivity contribution in [2.45, 2.75) is 58.0 Å². The van der Waals surface area contributed by atoms with Crippen molar-refractivity contribution in [3.8, 4) is 6.07 Å². The van der Waals surface area contributed by atoms with Crippen LogP contribution >= 0.6 is 0 Å². The summed E-state index contributed by atoms with van der Waals surface area (Å²) in [6.07, 6.45) is 3.61. The SMILES string of the molecule is CC(C)(C)OC(=O)Nc1ccc2c(c1)CC1(CC1)C2CC#N. The molecule has 1 amide bonds. The largest absolute Gasteiger partial charge is 0.444 e. The van der Waals surface area contributed by atoms with E-state index in [9.17, 15) is 4.79 Å². The van der Waals surface area contributed by atoms with Crippen LogP contribution in [0.4, 0.5) is 10.5 Å². The number of nitrogens with one attached hydrogen (secondary N) is 1. The third kappa shape index (κ3) is 2.81. The lowest BCUT2D eigenvalue weighted by atomic mass is 9.87. The van der Waals surface area contributed by atoms with E-state index < -0.39 is 11.7 Å². The second-order valence-corrected chi connectivity index (χ2v) is 7.49. The van der Waals surface area contributed by atoms with Gasteiger partial charge in [0.05, 0.1) is 6.07 Å². The topological polar surface area (TPSA) is 62.1 Å². The maximum atomic E-state index is 11.9. The molecule has 1 saturated carbocycles. The summed E-state index contributed by atoms with van der Waals surface area (Å²) in [5.41, 5.74) is 3.14. The molecule has 22 heavy (non-hydrogen) atoms. The molecule has 4 nitrogen and oxygen atoms in total. The van der Waals surface area contributed by atoms with Crippen LogP contribution in [-0.4, -0.2) is 11.7 Å². The molecule has 1 N–H and O–H groups in total. The van der Waals surface area contributed by atoms with Crippen LogP contribution < -0.4 is 5.32 Å². The number of nitriles is 1. The first-order chi connectivity index (χ1) is 10.3. The molecule has 2 aliphatic carbocycles. The third-order valence-electron chi connectivity index (χ3n) is 4.63. The monoisotopic (exact) mass is 298 g/mol. The van der Waals surface area contributed by atoms with E-state index in [1.54, 1.807) is 0 Å². The molecule has 116 valence electrons. The Balaban J connectivity index is 1.76. The van der Waals surface area contributed by atoms with Crippen molar-refractivity contribution < 1.29 is 9.53 Å². The lowest BCUT2D eigenvalue weighted by Crippen LogP contribution is -2.27. The first-order valence-electron chi connectivity index (χ1n) is 7.83. The lowest BCUT2D eigenvalue weighted by molar-refractivity contribution is 0.0636. The molecule has 1 fully saturated rings. The van der Waals surface area contributed by atoms with Crippen molar-refractivity contribution in [1.29, 1.82) is 5.26 Å². The fraction of sp³-hybridized carbons (Fsp3) is 0.556. The number of fused-ring (bicyclic) bond motifs is 1. The van der Waals surface area contributed by atoms with E-state index in [0.717, 1.165) is 12.1 Å². The molecule has 0 bridgehead atoms. The quantitative estimate of drug-likeness (QED) is 0.882. The van der Waals surface area contributed by atoms with Gasteiger partial charge in [0, 0.05) is 18.0 Å². The molecule has 1 atom stereocenters. The Morgan fingerprint density at radius 1 is 1.45 bits per heavy atom. The first kappa shape index (κ1) is 14.9. The highest BCUT2D eigenvalue weighted by Crippen LogP contribution is 2.64. The lowest BCUT2D eigenvalue weighted by Gasteiger charge is -2.20. The number of amides is 1. The Kier molecular flexibility index (Phi) is 3.40. The Morgan fingerprint density at radius 3 is 2.77 bits per heavy atom. The van der Waals surface area contributed by atoms with Gasteiger partial charge in [-0.25, -0.2) is 4.79 Å². The molecule has 0 saturated heterocycles. The first-order valence-corrected chi connectivity index (χ1v) is 7.83. The Morgan fingerprint density at radius 2 is 2.18 bits per heavy atom. The van der Waals surface area contributed by atoms with Crippen LogP contribution in [0.1, 0.15) is 57.1 Å². The van der Waals surface area contributed by atoms with Gasteiger partial charge in [-0.15, -0.1) is 0 Å². The van der Waals surface area contributed by atoms with Gasteiger partial charge in [-0.05, 0) is 68.7 Å². The van der Waals surface area contributed by atoms with Crippen LogP contribution in [0.15, 0.2) is 18.2 Å². The molecule has 0 aromatic heterocycles. The van der Waals surface area contributed by atoms with Gasteiger partial charge >= 0.3 is 6.09 Å². The summed E-state index contributed by atoms with van der Waals surface area (Å²) in [6, 6.07) is 8.35. The summed E-state index contributed by atoms with van der Waals surface area (Å²) in [7, 11) is 0. The van der Waals surface area contributed by atoms with Crippen LogP contribution in [0.3, 0.4) is 0 Å². The number of nitrogens with zero attached hydrogens (tertiary/aromatic N) is 1. The molecule has 0 radical (unpaired) electrons. The number of carbonyl (C=O) groups is 1. The summed E-state index contributed by atoms with van der Waals surface area (Å²) in [6.45, 7) is 5.54. The smallest absolute Gasteiger partial charge is 0.412 e. The molecule has 2 aliphatic rings. The molecule has 1 unspecified atom stereocenters. The van der Waals surface area contributed by atoms with Gasteiger partial charge in [0.1, 0.15) is 5.60 Å². The average Bonchev–Trinajstić information content (AvgIpc) is 3.08. The Labute approximate surface area is 131 Å². The summed E-state index contributed by atoms with van der Waals surface area (Å²) in [5.74, 6) is 0.364. The van der Waals surface area contributed by atoms with Crippen molar-refractivity contribution in [2.75, 3.05) is 5.32 Å². The second kappa shape index (κ2) is 5.01. The van der Waals surface area contributed by atoms with Crippen LogP contribution in [0.5, 0.6) is 0 Å². The Hall–Kier alpha value is -2.02. The molecular formula is C18H22N2O2. The predicted octanol–water partition coefficient (Wildman–Crippen LogP) is 4.37. The van der Waals surface area contributed by atoms with Gasteiger partial charge in [0.25, 0.3) is 0 Å². The molecule has 1 spiro atoms. The number of ether oxygens (including phenoxy) is 1. The molecule has 0 heterocycles. The summed E-state index contributed by atoms with van der Waals surface area (Å²) in [5, 5.41) is 11.9. The number of anilines is 1. The van der Waals surface area contributed by atoms with E-state index in [2.05, 4.69) is 17.5 Å². The predicted molar refractivity (Wildman–Crippen MR) is 84.6 cm³/mol. The van der Waals surface area contributed by atoms with E-state index in [1.807, 2.05) is 32.9 Å². The average molecular weight is 298 g/mol. The summed E-state index contributed by atoms with van der Waals surface area (Å²) in [4.78, 5) is 11.9. The van der Waals surface area contributed by atoms with Crippen molar-refractivity contribution >= 4 is 11.8 Å². The van der Waals surface area contributed by atoms with Crippen molar-refractivity contribution in [3.63, 3.8) is 0 Å². The van der Waals surface area contributed by atoms with Crippen LogP contribution in [0.2, 0.25) is 0 Å². The van der Waals surface area contributed by atoms with E-state index >= 15 is 0 Å². The van der Waals surface area contributed by atoms with Gasteiger partial charge in [-0.2, -0.15) is 5.26 Å². The number of hydrogen-bond acceptors (Lipinski definition) is 3. The maximum absolute atomic E-state index is 11.9. The molecule has 0 aliphatic heterocycles. The maximum Gasteiger partial charge on any atom is 0.412 e. The van der Waals surface area contributed by atoms with Crippen molar-refractivity contribution in [3.05, 3.63) is 29.3 Å². The van der Waals surface area contributed by atoms with E-state index in [-0.39, 0.29) is 0 Å². The number of carbonyl (C=O) groups excluding carboxylic acids is 1. The zero-order valence-electron chi connectivity index (χ0n) is 13.4. The van der Waals surface area contributed by atoms with Crippen molar-refractivity contribution in [1.82, 2.24) is 0 Å². The number of hydrogen-bond donors (Lipinski definition) is 1. The highest BCUT2D eigenvalue weighted by Gasteiger charge is 2.54. The van der Waals surface area contributed by atoms with Crippen LogP contribution in [-0.2, 0) is 11.2 Å². The molecule has 4 heteroatoms. The number of benzene rings is 1. The molecule has 1 aromatic rings. The summed E-state index contributed by atoms with van der Waals surface area (Å²) < 4.78 is 5.28. The fourth-order valence-electron chi connectivity index (χ4n) is 3.53. The molecule has 3 rings (SSSR count). The zero-order valence-corrected chi connectivity index (χ0v) is 13.4.